The molecule has 5 nitrogen and oxygen atoms in total. The van der Waals surface area contributed by atoms with E-state index in [0.29, 0.717) is 5.69 Å². The lowest BCUT2D eigenvalue weighted by molar-refractivity contribution is 0.0755. The second kappa shape index (κ2) is 12.4. The summed E-state index contributed by atoms with van der Waals surface area (Å²) < 4.78 is 29.6. The normalized spacial score (nSPS) is 11.3. The van der Waals surface area contributed by atoms with E-state index >= 15 is 0 Å². The molecule has 41 heavy (non-hydrogen) atoms. The molecule has 0 fully saturated rings. The summed E-state index contributed by atoms with van der Waals surface area (Å²) in [6.45, 7) is 0.128. The molecule has 0 saturated carbocycles. The predicted octanol–water partition coefficient (Wildman–Crippen LogP) is 7.60. The van der Waals surface area contributed by atoms with Crippen molar-refractivity contribution in [3.05, 3.63) is 167 Å². The molecule has 0 saturated heterocycles. The SMILES string of the molecule is CN(C(=O)c1cc(S(=O)(=O)N(Cc2ccccc2)c2ccccc2)ccc1Cl)C(c1ccccc1)c1ccccc1. The first-order valence-electron chi connectivity index (χ1n) is 13.1. The van der Waals surface area contributed by atoms with Crippen molar-refractivity contribution >= 4 is 33.2 Å². The first-order chi connectivity index (χ1) is 19.9. The lowest BCUT2D eigenvalue weighted by atomic mass is 9.97. The fraction of sp³-hybridized carbons (Fsp3) is 0.0882. The maximum Gasteiger partial charge on any atom is 0.264 e. The third-order valence-electron chi connectivity index (χ3n) is 6.91. The Morgan fingerprint density at radius 1 is 0.707 bits per heavy atom. The van der Waals surface area contributed by atoms with Gasteiger partial charge in [0, 0.05) is 7.05 Å². The van der Waals surface area contributed by atoms with Crippen molar-refractivity contribution in [2.45, 2.75) is 17.5 Å². The molecule has 0 spiro atoms. The van der Waals surface area contributed by atoms with Gasteiger partial charge in [-0.25, -0.2) is 8.42 Å². The minimum atomic E-state index is -4.07. The van der Waals surface area contributed by atoms with Crippen molar-refractivity contribution in [3.63, 3.8) is 0 Å². The molecule has 7 heteroatoms. The highest BCUT2D eigenvalue weighted by molar-refractivity contribution is 7.92. The van der Waals surface area contributed by atoms with Crippen molar-refractivity contribution in [3.8, 4) is 0 Å². The summed E-state index contributed by atoms with van der Waals surface area (Å²) in [5.41, 5.74) is 3.31. The number of benzene rings is 5. The van der Waals surface area contributed by atoms with Crippen LogP contribution in [0.4, 0.5) is 5.69 Å². The van der Waals surface area contributed by atoms with Gasteiger partial charge < -0.3 is 4.90 Å². The number of rotatable bonds is 9. The topological polar surface area (TPSA) is 57.7 Å². The van der Waals surface area contributed by atoms with Gasteiger partial charge in [0.2, 0.25) is 0 Å². The van der Waals surface area contributed by atoms with E-state index in [4.69, 9.17) is 11.6 Å². The molecule has 5 aromatic rings. The number of hydrogen-bond acceptors (Lipinski definition) is 3. The molecular weight excluding hydrogens is 552 g/mol. The number of para-hydroxylation sites is 1. The van der Waals surface area contributed by atoms with E-state index in [2.05, 4.69) is 0 Å². The molecule has 0 atom stereocenters. The highest BCUT2D eigenvalue weighted by atomic mass is 35.5. The monoisotopic (exact) mass is 580 g/mol. The molecule has 0 aromatic heterocycles. The standard InChI is InChI=1S/C34H29ClN2O3S/c1-36(33(27-16-8-3-9-17-27)28-18-10-4-11-19-28)34(38)31-24-30(22-23-32(31)35)41(39,40)37(29-20-12-5-13-21-29)25-26-14-6-2-7-15-26/h2-24,33H,25H2,1H3. The van der Waals surface area contributed by atoms with E-state index in [9.17, 15) is 13.2 Å². The third-order valence-corrected chi connectivity index (χ3v) is 9.01. The fourth-order valence-electron chi connectivity index (χ4n) is 4.83. The second-order valence-electron chi connectivity index (χ2n) is 9.61. The van der Waals surface area contributed by atoms with Crippen LogP contribution in [0.3, 0.4) is 0 Å². The number of halogens is 1. The van der Waals surface area contributed by atoms with Crippen LogP contribution >= 0.6 is 11.6 Å². The van der Waals surface area contributed by atoms with Crippen molar-refractivity contribution in [1.82, 2.24) is 4.90 Å². The van der Waals surface area contributed by atoms with Crippen LogP contribution in [0.15, 0.2) is 144 Å². The lowest BCUT2D eigenvalue weighted by Gasteiger charge is -2.30. The van der Waals surface area contributed by atoms with Gasteiger partial charge in [-0.1, -0.05) is 121 Å². The Morgan fingerprint density at radius 2 is 1.20 bits per heavy atom. The number of carbonyl (C=O) groups is 1. The summed E-state index contributed by atoms with van der Waals surface area (Å²) in [7, 11) is -2.37. The average Bonchev–Trinajstić information content (AvgIpc) is 3.01. The summed E-state index contributed by atoms with van der Waals surface area (Å²) in [5, 5.41) is 0.176. The Bertz CT molecular complexity index is 1680. The zero-order valence-corrected chi connectivity index (χ0v) is 24.0. The minimum absolute atomic E-state index is 0.0191. The van der Waals surface area contributed by atoms with E-state index in [1.54, 1.807) is 36.2 Å². The van der Waals surface area contributed by atoms with Crippen LogP contribution in [0.2, 0.25) is 5.02 Å². The van der Waals surface area contributed by atoms with Crippen LogP contribution < -0.4 is 4.31 Å². The average molecular weight is 581 g/mol. The van der Waals surface area contributed by atoms with Crippen LogP contribution in [0.5, 0.6) is 0 Å². The number of nitrogens with zero attached hydrogens (tertiary/aromatic N) is 2. The van der Waals surface area contributed by atoms with Gasteiger partial charge in [0.15, 0.2) is 0 Å². The van der Waals surface area contributed by atoms with Crippen molar-refractivity contribution in [1.29, 1.82) is 0 Å². The molecule has 5 aromatic carbocycles. The number of anilines is 1. The maximum absolute atomic E-state index is 14.1. The molecule has 0 aliphatic carbocycles. The van der Waals surface area contributed by atoms with E-state index in [-0.39, 0.29) is 27.9 Å². The van der Waals surface area contributed by atoms with Crippen molar-refractivity contribution in [2.75, 3.05) is 11.4 Å². The first-order valence-corrected chi connectivity index (χ1v) is 15.0. The Labute approximate surface area is 246 Å². The molecule has 5 rings (SSSR count). The summed E-state index contributed by atoms with van der Waals surface area (Å²) in [4.78, 5) is 15.6. The highest BCUT2D eigenvalue weighted by Gasteiger charge is 2.30. The molecule has 0 aliphatic rings. The Morgan fingerprint density at radius 3 is 1.73 bits per heavy atom. The molecular formula is C34H29ClN2O3S. The van der Waals surface area contributed by atoms with Crippen LogP contribution in [0, 0.1) is 0 Å². The lowest BCUT2D eigenvalue weighted by Crippen LogP contribution is -2.33. The molecule has 0 N–H and O–H groups in total. The van der Waals surface area contributed by atoms with Gasteiger partial charge in [0.05, 0.1) is 33.8 Å². The number of hydrogen-bond donors (Lipinski definition) is 0. The van der Waals surface area contributed by atoms with Gasteiger partial charge in [-0.15, -0.1) is 0 Å². The second-order valence-corrected chi connectivity index (χ2v) is 11.9. The number of carbonyl (C=O) groups excluding carboxylic acids is 1. The Hall–Kier alpha value is -4.39. The summed E-state index contributed by atoms with van der Waals surface area (Å²) in [5.74, 6) is -0.390. The van der Waals surface area contributed by atoms with Crippen LogP contribution in [0.1, 0.15) is 33.1 Å². The molecule has 0 heterocycles. The smallest absolute Gasteiger partial charge is 0.264 e. The Balaban J connectivity index is 1.54. The zero-order valence-electron chi connectivity index (χ0n) is 22.5. The van der Waals surface area contributed by atoms with E-state index in [1.807, 2.05) is 97.1 Å². The van der Waals surface area contributed by atoms with Crippen LogP contribution in [-0.2, 0) is 16.6 Å². The molecule has 1 amide bonds. The maximum atomic E-state index is 14.1. The third kappa shape index (κ3) is 6.19. The van der Waals surface area contributed by atoms with E-state index in [1.165, 1.54) is 22.5 Å². The predicted molar refractivity (Wildman–Crippen MR) is 165 cm³/mol. The molecule has 0 unspecified atom stereocenters. The number of sulfonamides is 1. The molecule has 206 valence electrons. The van der Waals surface area contributed by atoms with Crippen LogP contribution in [-0.4, -0.2) is 26.3 Å². The van der Waals surface area contributed by atoms with E-state index in [0.717, 1.165) is 16.7 Å². The fourth-order valence-corrected chi connectivity index (χ4v) is 6.51. The van der Waals surface area contributed by atoms with Gasteiger partial charge in [0.1, 0.15) is 0 Å². The molecule has 0 bridgehead atoms. The quantitative estimate of drug-likeness (QED) is 0.180. The largest absolute Gasteiger partial charge is 0.331 e. The number of amides is 1. The van der Waals surface area contributed by atoms with Gasteiger partial charge in [-0.3, -0.25) is 9.10 Å². The summed E-state index contributed by atoms with van der Waals surface area (Å²) in [6, 6.07) is 41.6. The Kier molecular flexibility index (Phi) is 8.53. The van der Waals surface area contributed by atoms with Gasteiger partial charge >= 0.3 is 0 Å². The van der Waals surface area contributed by atoms with Gasteiger partial charge in [0.25, 0.3) is 15.9 Å². The highest BCUT2D eigenvalue weighted by Crippen LogP contribution is 2.32. The van der Waals surface area contributed by atoms with Crippen LogP contribution in [0.25, 0.3) is 0 Å². The molecule has 0 radical (unpaired) electrons. The minimum Gasteiger partial charge on any atom is -0.331 e. The summed E-state index contributed by atoms with van der Waals surface area (Å²) >= 11 is 6.55. The molecule has 0 aliphatic heterocycles. The van der Waals surface area contributed by atoms with Gasteiger partial charge in [-0.2, -0.15) is 0 Å². The summed E-state index contributed by atoms with van der Waals surface area (Å²) in [6.07, 6.45) is 0. The first kappa shape index (κ1) is 28.1. The van der Waals surface area contributed by atoms with Gasteiger partial charge in [-0.05, 0) is 47.0 Å². The zero-order chi connectivity index (χ0) is 28.8. The van der Waals surface area contributed by atoms with Crippen molar-refractivity contribution in [2.24, 2.45) is 0 Å². The van der Waals surface area contributed by atoms with E-state index < -0.39 is 16.1 Å². The van der Waals surface area contributed by atoms with Crippen molar-refractivity contribution < 1.29 is 13.2 Å².